The van der Waals surface area contributed by atoms with Crippen LogP contribution in [-0.2, 0) is 27.2 Å². The van der Waals surface area contributed by atoms with Crippen LogP contribution < -0.4 is 10.6 Å². The van der Waals surface area contributed by atoms with Gasteiger partial charge in [-0.15, -0.1) is 11.3 Å². The van der Waals surface area contributed by atoms with Crippen molar-refractivity contribution in [1.29, 1.82) is 0 Å². The highest BCUT2D eigenvalue weighted by atomic mass is 32.1. The summed E-state index contributed by atoms with van der Waals surface area (Å²) in [5.74, 6) is -0.258. The summed E-state index contributed by atoms with van der Waals surface area (Å²) in [6.45, 7) is -0.126. The van der Waals surface area contributed by atoms with E-state index in [1.165, 1.54) is 0 Å². The fraction of sp³-hybridized carbons (Fsp3) is 0.238. The highest BCUT2D eigenvalue weighted by Gasteiger charge is 2.13. The van der Waals surface area contributed by atoms with Crippen molar-refractivity contribution in [2.75, 3.05) is 13.2 Å². The number of aromatic nitrogens is 1. The molecule has 0 unspecified atom stereocenters. The van der Waals surface area contributed by atoms with Crippen LogP contribution >= 0.6 is 11.3 Å². The van der Waals surface area contributed by atoms with E-state index in [2.05, 4.69) is 15.6 Å². The lowest BCUT2D eigenvalue weighted by Crippen LogP contribution is -2.42. The van der Waals surface area contributed by atoms with Gasteiger partial charge in [-0.3, -0.25) is 14.9 Å². The van der Waals surface area contributed by atoms with Gasteiger partial charge in [-0.1, -0.05) is 36.4 Å². The van der Waals surface area contributed by atoms with Crippen LogP contribution in [0.3, 0.4) is 0 Å². The molecule has 156 valence electrons. The molecule has 3 rings (SSSR count). The van der Waals surface area contributed by atoms with E-state index >= 15 is 0 Å². The Morgan fingerprint density at radius 3 is 2.67 bits per heavy atom. The Morgan fingerprint density at radius 1 is 1.07 bits per heavy atom. The predicted molar refractivity (Wildman–Crippen MR) is 111 cm³/mol. The number of rotatable bonds is 9. The first kappa shape index (κ1) is 21.3. The maximum atomic E-state index is 11.8. The lowest BCUT2D eigenvalue weighted by Gasteiger charge is -2.07. The molecule has 3 aromatic rings. The number of amides is 3. The number of oxazole rings is 1. The van der Waals surface area contributed by atoms with Gasteiger partial charge in [0.25, 0.3) is 5.91 Å². The smallest absolute Gasteiger partial charge is 0.321 e. The first-order valence-electron chi connectivity index (χ1n) is 9.36. The van der Waals surface area contributed by atoms with Crippen molar-refractivity contribution in [3.63, 3.8) is 0 Å². The molecule has 0 fully saturated rings. The molecule has 2 aromatic heterocycles. The SMILES string of the molecule is O=C(COC(=O)CCc1ncc(-c2ccccc2)o1)NC(=O)NCCc1cccs1. The number of thiophene rings is 1. The second-order valence-corrected chi connectivity index (χ2v) is 7.31. The average molecular weight is 427 g/mol. The third-order valence-electron chi connectivity index (χ3n) is 4.01. The summed E-state index contributed by atoms with van der Waals surface area (Å²) in [5.41, 5.74) is 0.893. The van der Waals surface area contributed by atoms with Crippen LogP contribution in [0.5, 0.6) is 0 Å². The summed E-state index contributed by atoms with van der Waals surface area (Å²) < 4.78 is 10.5. The van der Waals surface area contributed by atoms with E-state index in [-0.39, 0.29) is 12.8 Å². The van der Waals surface area contributed by atoms with Crippen LogP contribution in [0.1, 0.15) is 17.2 Å². The first-order valence-corrected chi connectivity index (χ1v) is 10.2. The van der Waals surface area contributed by atoms with Crippen LogP contribution in [0.4, 0.5) is 4.79 Å². The molecule has 0 saturated carbocycles. The molecule has 0 saturated heterocycles. The third kappa shape index (κ3) is 6.85. The van der Waals surface area contributed by atoms with Gasteiger partial charge in [0, 0.05) is 23.4 Å². The quantitative estimate of drug-likeness (QED) is 0.508. The summed E-state index contributed by atoms with van der Waals surface area (Å²) in [7, 11) is 0. The molecule has 2 heterocycles. The standard InChI is InChI=1S/C21H21N3O5S/c25-18(24-21(27)22-11-10-16-7-4-12-30-16)14-28-20(26)9-8-19-23-13-17(29-19)15-5-2-1-3-6-15/h1-7,12-13H,8-11,14H2,(H2,22,24,25,27). The lowest BCUT2D eigenvalue weighted by molar-refractivity contribution is -0.148. The van der Waals surface area contributed by atoms with Gasteiger partial charge < -0.3 is 14.5 Å². The minimum atomic E-state index is -0.695. The van der Waals surface area contributed by atoms with Gasteiger partial charge in [0.05, 0.1) is 12.6 Å². The van der Waals surface area contributed by atoms with Gasteiger partial charge in [-0.25, -0.2) is 9.78 Å². The van der Waals surface area contributed by atoms with Crippen molar-refractivity contribution in [2.24, 2.45) is 0 Å². The maximum absolute atomic E-state index is 11.8. The molecule has 0 bridgehead atoms. The molecule has 0 spiro atoms. The van der Waals surface area contributed by atoms with Gasteiger partial charge >= 0.3 is 12.0 Å². The second-order valence-electron chi connectivity index (χ2n) is 6.28. The Labute approximate surface area is 177 Å². The molecular formula is C21H21N3O5S. The minimum Gasteiger partial charge on any atom is -0.456 e. The number of esters is 1. The molecule has 30 heavy (non-hydrogen) atoms. The monoisotopic (exact) mass is 427 g/mol. The Balaban J connectivity index is 1.31. The van der Waals surface area contributed by atoms with E-state index in [1.807, 2.05) is 47.8 Å². The molecule has 8 nitrogen and oxygen atoms in total. The number of nitrogens with zero attached hydrogens (tertiary/aromatic N) is 1. The fourth-order valence-electron chi connectivity index (χ4n) is 2.55. The van der Waals surface area contributed by atoms with Crippen LogP contribution in [0.15, 0.2) is 58.5 Å². The minimum absolute atomic E-state index is 0.00896. The van der Waals surface area contributed by atoms with E-state index in [0.29, 0.717) is 24.6 Å². The van der Waals surface area contributed by atoms with Crippen molar-refractivity contribution in [1.82, 2.24) is 15.6 Å². The normalized spacial score (nSPS) is 10.4. The molecule has 3 amide bonds. The van der Waals surface area contributed by atoms with E-state index in [4.69, 9.17) is 9.15 Å². The number of hydrogen-bond acceptors (Lipinski definition) is 7. The number of nitrogens with one attached hydrogen (secondary N) is 2. The molecule has 1 aromatic carbocycles. The molecule has 0 radical (unpaired) electrons. The summed E-state index contributed by atoms with van der Waals surface area (Å²) in [4.78, 5) is 40.5. The molecule has 9 heteroatoms. The zero-order valence-electron chi connectivity index (χ0n) is 16.1. The van der Waals surface area contributed by atoms with Crippen molar-refractivity contribution in [3.05, 3.63) is 64.8 Å². The third-order valence-corrected chi connectivity index (χ3v) is 4.95. The Morgan fingerprint density at radius 2 is 1.90 bits per heavy atom. The second kappa shape index (κ2) is 10.9. The summed E-state index contributed by atoms with van der Waals surface area (Å²) in [6, 6.07) is 12.8. The highest BCUT2D eigenvalue weighted by Crippen LogP contribution is 2.20. The van der Waals surface area contributed by atoms with E-state index in [1.54, 1.807) is 17.5 Å². The van der Waals surface area contributed by atoms with E-state index in [9.17, 15) is 14.4 Å². The van der Waals surface area contributed by atoms with Gasteiger partial charge in [-0.05, 0) is 17.9 Å². The first-order chi connectivity index (χ1) is 14.6. The van der Waals surface area contributed by atoms with Crippen molar-refractivity contribution in [3.8, 4) is 11.3 Å². The molecule has 0 aliphatic rings. The van der Waals surface area contributed by atoms with Crippen LogP contribution in [0.2, 0.25) is 0 Å². The molecule has 0 aliphatic carbocycles. The number of carbonyl (C=O) groups excluding carboxylic acids is 3. The van der Waals surface area contributed by atoms with Crippen molar-refractivity contribution in [2.45, 2.75) is 19.3 Å². The number of imide groups is 1. The molecule has 0 aliphatic heterocycles. The topological polar surface area (TPSA) is 111 Å². The average Bonchev–Trinajstić information content (AvgIpc) is 3.43. The zero-order valence-corrected chi connectivity index (χ0v) is 16.9. The van der Waals surface area contributed by atoms with Gasteiger partial charge in [0.1, 0.15) is 0 Å². The van der Waals surface area contributed by atoms with Gasteiger partial charge in [0.15, 0.2) is 18.3 Å². The number of carbonyl (C=O) groups is 3. The number of urea groups is 1. The summed E-state index contributed by atoms with van der Waals surface area (Å²) in [6.07, 6.45) is 2.53. The number of aryl methyl sites for hydroxylation is 1. The van der Waals surface area contributed by atoms with Crippen molar-refractivity contribution >= 4 is 29.2 Å². The highest BCUT2D eigenvalue weighted by molar-refractivity contribution is 7.09. The van der Waals surface area contributed by atoms with Gasteiger partial charge in [-0.2, -0.15) is 0 Å². The Bertz CT molecular complexity index is 970. The molecule has 2 N–H and O–H groups in total. The number of ether oxygens (including phenoxy) is 1. The summed E-state index contributed by atoms with van der Waals surface area (Å²) in [5, 5.41) is 6.65. The zero-order chi connectivity index (χ0) is 21.2. The van der Waals surface area contributed by atoms with Crippen molar-refractivity contribution < 1.29 is 23.5 Å². The van der Waals surface area contributed by atoms with Crippen LogP contribution in [0.25, 0.3) is 11.3 Å². The maximum Gasteiger partial charge on any atom is 0.321 e. The van der Waals surface area contributed by atoms with Crippen LogP contribution in [-0.4, -0.2) is 36.0 Å². The predicted octanol–water partition coefficient (Wildman–Crippen LogP) is 2.95. The van der Waals surface area contributed by atoms with E-state index in [0.717, 1.165) is 10.4 Å². The van der Waals surface area contributed by atoms with E-state index < -0.39 is 24.5 Å². The number of hydrogen-bond donors (Lipinski definition) is 2. The summed E-state index contributed by atoms with van der Waals surface area (Å²) >= 11 is 1.60. The van der Waals surface area contributed by atoms with Crippen LogP contribution in [0, 0.1) is 0 Å². The molecule has 0 atom stereocenters. The molecular weight excluding hydrogens is 406 g/mol. The Kier molecular flexibility index (Phi) is 7.73. The number of benzene rings is 1. The van der Waals surface area contributed by atoms with Gasteiger partial charge in [0.2, 0.25) is 0 Å². The lowest BCUT2D eigenvalue weighted by atomic mass is 10.2. The largest absolute Gasteiger partial charge is 0.456 e. The fourth-order valence-corrected chi connectivity index (χ4v) is 3.26. The Hall–Kier alpha value is -3.46.